The first-order valence-corrected chi connectivity index (χ1v) is 8.68. The summed E-state index contributed by atoms with van der Waals surface area (Å²) in [4.78, 5) is 13.4. The van der Waals surface area contributed by atoms with Crippen molar-refractivity contribution in [3.05, 3.63) is 23.8 Å². The van der Waals surface area contributed by atoms with Crippen LogP contribution in [0, 0.1) is 11.3 Å². The fourth-order valence-corrected chi connectivity index (χ4v) is 4.41. The van der Waals surface area contributed by atoms with E-state index in [2.05, 4.69) is 22.3 Å². The van der Waals surface area contributed by atoms with Gasteiger partial charge >= 0.3 is 5.97 Å². The van der Waals surface area contributed by atoms with Crippen LogP contribution in [0.1, 0.15) is 18.4 Å². The largest absolute Gasteiger partial charge is 0.486 e. The zero-order valence-electron chi connectivity index (χ0n) is 13.8. The molecule has 0 bridgehead atoms. The minimum Gasteiger partial charge on any atom is -0.486 e. The van der Waals surface area contributed by atoms with Crippen molar-refractivity contribution in [2.24, 2.45) is 11.3 Å². The average Bonchev–Trinajstić information content (AvgIpc) is 3.10. The van der Waals surface area contributed by atoms with Gasteiger partial charge in [-0.2, -0.15) is 0 Å². The Morgan fingerprint density at radius 1 is 1.33 bits per heavy atom. The van der Waals surface area contributed by atoms with Crippen LogP contribution in [-0.4, -0.2) is 55.4 Å². The Balaban J connectivity index is 1.44. The van der Waals surface area contributed by atoms with Gasteiger partial charge in [-0.3, -0.25) is 9.69 Å². The van der Waals surface area contributed by atoms with Gasteiger partial charge in [0.1, 0.15) is 13.2 Å². The monoisotopic (exact) mass is 332 g/mol. The quantitative estimate of drug-likeness (QED) is 0.848. The average molecular weight is 332 g/mol. The maximum atomic E-state index is 11.0. The highest BCUT2D eigenvalue weighted by Crippen LogP contribution is 2.43. The number of fused-ring (bicyclic) bond motifs is 2. The summed E-state index contributed by atoms with van der Waals surface area (Å²) >= 11 is 0. The van der Waals surface area contributed by atoms with Crippen molar-refractivity contribution in [3.63, 3.8) is 0 Å². The second-order valence-electron chi connectivity index (χ2n) is 7.23. The number of carbonyl (C=O) groups is 1. The van der Waals surface area contributed by atoms with E-state index in [1.165, 1.54) is 5.56 Å². The lowest BCUT2D eigenvalue weighted by Crippen LogP contribution is -2.33. The van der Waals surface area contributed by atoms with E-state index in [0.717, 1.165) is 50.6 Å². The Labute approximate surface area is 141 Å². The molecule has 0 amide bonds. The summed E-state index contributed by atoms with van der Waals surface area (Å²) in [6, 6.07) is 6.16. The van der Waals surface area contributed by atoms with Crippen LogP contribution in [0.3, 0.4) is 0 Å². The van der Waals surface area contributed by atoms with E-state index < -0.39 is 5.97 Å². The Morgan fingerprint density at radius 2 is 2.17 bits per heavy atom. The normalized spacial score (nSPS) is 28.8. The third-order valence-corrected chi connectivity index (χ3v) is 5.60. The molecule has 2 N–H and O–H groups in total. The molecule has 3 heterocycles. The third kappa shape index (κ3) is 2.96. The third-order valence-electron chi connectivity index (χ3n) is 5.60. The molecule has 24 heavy (non-hydrogen) atoms. The van der Waals surface area contributed by atoms with E-state index in [1.54, 1.807) is 0 Å². The summed E-state index contributed by atoms with van der Waals surface area (Å²) in [6.45, 7) is 6.01. The second-order valence-corrected chi connectivity index (χ2v) is 7.23. The van der Waals surface area contributed by atoms with Crippen molar-refractivity contribution >= 4 is 5.97 Å². The van der Waals surface area contributed by atoms with E-state index in [-0.39, 0.29) is 11.8 Å². The Hall–Kier alpha value is -1.79. The van der Waals surface area contributed by atoms with Crippen LogP contribution >= 0.6 is 0 Å². The molecule has 1 aromatic rings. The summed E-state index contributed by atoms with van der Waals surface area (Å²) < 4.78 is 11.2. The van der Waals surface area contributed by atoms with Crippen LogP contribution in [0.15, 0.2) is 18.2 Å². The number of nitrogens with zero attached hydrogens (tertiary/aromatic N) is 1. The summed E-state index contributed by atoms with van der Waals surface area (Å²) in [7, 11) is 0. The van der Waals surface area contributed by atoms with Crippen LogP contribution in [0.25, 0.3) is 0 Å². The lowest BCUT2D eigenvalue weighted by atomic mass is 9.77. The molecule has 3 aliphatic rings. The minimum absolute atomic E-state index is 0.117. The molecule has 1 aromatic carbocycles. The summed E-state index contributed by atoms with van der Waals surface area (Å²) in [6.07, 6.45) is 1.02. The molecule has 3 aliphatic heterocycles. The van der Waals surface area contributed by atoms with Gasteiger partial charge in [0.2, 0.25) is 0 Å². The highest BCUT2D eigenvalue weighted by atomic mass is 16.6. The fourth-order valence-electron chi connectivity index (χ4n) is 4.41. The van der Waals surface area contributed by atoms with E-state index in [1.807, 2.05) is 6.07 Å². The van der Waals surface area contributed by atoms with E-state index >= 15 is 0 Å². The van der Waals surface area contributed by atoms with Crippen molar-refractivity contribution < 1.29 is 19.4 Å². The lowest BCUT2D eigenvalue weighted by Gasteiger charge is -2.27. The molecule has 0 aromatic heterocycles. The van der Waals surface area contributed by atoms with Gasteiger partial charge in [0.15, 0.2) is 11.5 Å². The number of rotatable bonds is 5. The molecule has 6 nitrogen and oxygen atoms in total. The number of nitrogens with one attached hydrogen (secondary N) is 1. The Kier molecular flexibility index (Phi) is 4.10. The number of carboxylic acids is 1. The smallest absolute Gasteiger partial charge is 0.303 e. The van der Waals surface area contributed by atoms with Gasteiger partial charge < -0.3 is 19.9 Å². The first-order chi connectivity index (χ1) is 11.6. The highest BCUT2D eigenvalue weighted by Gasteiger charge is 2.49. The standard InChI is InChI=1S/C18H24N2O4/c21-17(22)3-4-18-11-19-8-14(18)10-20(12-18)9-13-1-2-15-16(7-13)24-6-5-23-15/h1-2,7,14,19H,3-6,8-12H2,(H,21,22). The molecule has 2 saturated heterocycles. The van der Waals surface area contributed by atoms with Gasteiger partial charge in [-0.25, -0.2) is 0 Å². The van der Waals surface area contributed by atoms with Crippen molar-refractivity contribution in [1.82, 2.24) is 10.2 Å². The van der Waals surface area contributed by atoms with Gasteiger partial charge in [0, 0.05) is 38.0 Å². The molecule has 2 unspecified atom stereocenters. The number of hydrogen-bond acceptors (Lipinski definition) is 5. The molecule has 4 rings (SSSR count). The van der Waals surface area contributed by atoms with Crippen LogP contribution in [0.5, 0.6) is 11.5 Å². The Morgan fingerprint density at radius 3 is 3.00 bits per heavy atom. The zero-order chi connectivity index (χ0) is 16.6. The van der Waals surface area contributed by atoms with E-state index in [0.29, 0.717) is 19.1 Å². The predicted octanol–water partition coefficient (Wildman–Crippen LogP) is 1.34. The fraction of sp³-hybridized carbons (Fsp3) is 0.611. The summed E-state index contributed by atoms with van der Waals surface area (Å²) in [5, 5.41) is 12.5. The predicted molar refractivity (Wildman–Crippen MR) is 88.4 cm³/mol. The maximum absolute atomic E-state index is 11.0. The highest BCUT2D eigenvalue weighted by molar-refractivity contribution is 5.66. The van der Waals surface area contributed by atoms with Crippen LogP contribution in [-0.2, 0) is 11.3 Å². The van der Waals surface area contributed by atoms with Crippen LogP contribution in [0.4, 0.5) is 0 Å². The molecule has 0 aliphatic carbocycles. The topological polar surface area (TPSA) is 71.0 Å². The number of carboxylic acid groups (broad SMARTS) is 1. The zero-order valence-corrected chi connectivity index (χ0v) is 13.8. The molecule has 0 saturated carbocycles. The van der Waals surface area contributed by atoms with Crippen molar-refractivity contribution in [3.8, 4) is 11.5 Å². The SMILES string of the molecule is O=C(O)CCC12CNCC1CN(Cc1ccc3c(c1)OCCO3)C2. The van der Waals surface area contributed by atoms with Gasteiger partial charge in [-0.1, -0.05) is 6.07 Å². The van der Waals surface area contributed by atoms with Gasteiger partial charge in [-0.15, -0.1) is 0 Å². The first kappa shape index (κ1) is 15.7. The minimum atomic E-state index is -0.694. The number of likely N-dealkylation sites (tertiary alicyclic amines) is 1. The van der Waals surface area contributed by atoms with Crippen LogP contribution in [0.2, 0.25) is 0 Å². The second kappa shape index (κ2) is 6.26. The molecule has 0 radical (unpaired) electrons. The van der Waals surface area contributed by atoms with E-state index in [9.17, 15) is 4.79 Å². The van der Waals surface area contributed by atoms with Crippen molar-refractivity contribution in [2.75, 3.05) is 39.4 Å². The maximum Gasteiger partial charge on any atom is 0.303 e. The first-order valence-electron chi connectivity index (χ1n) is 8.68. The number of aliphatic carboxylic acids is 1. The number of hydrogen-bond donors (Lipinski definition) is 2. The number of benzene rings is 1. The Bertz CT molecular complexity index is 635. The van der Waals surface area contributed by atoms with E-state index in [4.69, 9.17) is 14.6 Å². The molecular formula is C18H24N2O4. The van der Waals surface area contributed by atoms with Gasteiger partial charge in [-0.05, 0) is 36.6 Å². The molecule has 130 valence electrons. The van der Waals surface area contributed by atoms with Gasteiger partial charge in [0.25, 0.3) is 0 Å². The molecule has 6 heteroatoms. The van der Waals surface area contributed by atoms with Crippen molar-refractivity contribution in [2.45, 2.75) is 19.4 Å². The number of ether oxygens (including phenoxy) is 2. The summed E-state index contributed by atoms with van der Waals surface area (Å²) in [5.74, 6) is 1.51. The molecule has 2 atom stereocenters. The van der Waals surface area contributed by atoms with Crippen molar-refractivity contribution in [1.29, 1.82) is 0 Å². The molecule has 2 fully saturated rings. The molecule has 0 spiro atoms. The van der Waals surface area contributed by atoms with Crippen LogP contribution < -0.4 is 14.8 Å². The molecular weight excluding hydrogens is 308 g/mol. The lowest BCUT2D eigenvalue weighted by molar-refractivity contribution is -0.137. The summed E-state index contributed by atoms with van der Waals surface area (Å²) in [5.41, 5.74) is 1.34. The van der Waals surface area contributed by atoms with Gasteiger partial charge in [0.05, 0.1) is 0 Å².